The van der Waals surface area contributed by atoms with Crippen molar-refractivity contribution < 1.29 is 0 Å². The van der Waals surface area contributed by atoms with Gasteiger partial charge in [-0.2, -0.15) is 0 Å². The fraction of sp³-hybridized carbons (Fsp3) is 0.412. The van der Waals surface area contributed by atoms with Crippen LogP contribution in [-0.4, -0.2) is 9.97 Å². The minimum Gasteiger partial charge on any atom is -0.308 e. The summed E-state index contributed by atoms with van der Waals surface area (Å²) in [4.78, 5) is 9.45. The Labute approximate surface area is 125 Å². The quantitative estimate of drug-likeness (QED) is 0.516. The van der Waals surface area contributed by atoms with E-state index in [1.807, 2.05) is 0 Å². The lowest BCUT2D eigenvalue weighted by molar-refractivity contribution is 0.708. The van der Waals surface area contributed by atoms with Crippen LogP contribution in [0, 0.1) is 6.92 Å². The molecule has 1 aromatic heterocycles. The van der Waals surface area contributed by atoms with Gasteiger partial charge in [-0.1, -0.05) is 30.7 Å². The van der Waals surface area contributed by atoms with Gasteiger partial charge in [0.25, 0.3) is 0 Å². The second-order valence-corrected chi connectivity index (χ2v) is 5.72. The third-order valence-electron chi connectivity index (χ3n) is 4.23. The second kappa shape index (κ2) is 6.22. The maximum atomic E-state index is 5.68. The number of hydrazine groups is 1. The number of hydrogen-bond acceptors (Lipinski definition) is 4. The fourth-order valence-corrected chi connectivity index (χ4v) is 3.00. The number of aryl methyl sites for hydroxylation is 2. The molecular weight excluding hydrogens is 260 g/mol. The minimum atomic E-state index is 0.759. The first-order chi connectivity index (χ1) is 10.3. The molecule has 4 nitrogen and oxygen atoms in total. The molecule has 3 rings (SSSR count). The minimum absolute atomic E-state index is 0.759. The molecule has 0 fully saturated rings. The van der Waals surface area contributed by atoms with Crippen LogP contribution < -0.4 is 11.3 Å². The number of aromatic nitrogens is 2. The smallest absolute Gasteiger partial charge is 0.147 e. The van der Waals surface area contributed by atoms with E-state index in [9.17, 15) is 0 Å². The number of fused-ring (bicyclic) bond motifs is 1. The summed E-state index contributed by atoms with van der Waals surface area (Å²) in [6.07, 6.45) is 6.48. The van der Waals surface area contributed by atoms with Gasteiger partial charge in [-0.05, 0) is 43.7 Å². The van der Waals surface area contributed by atoms with Gasteiger partial charge >= 0.3 is 0 Å². The number of nitrogen functional groups attached to an aromatic ring is 1. The zero-order valence-electron chi connectivity index (χ0n) is 12.5. The van der Waals surface area contributed by atoms with Gasteiger partial charge in [-0.3, -0.25) is 0 Å². The molecule has 1 aromatic carbocycles. The fourth-order valence-electron chi connectivity index (χ4n) is 3.00. The topological polar surface area (TPSA) is 63.8 Å². The van der Waals surface area contributed by atoms with Crippen LogP contribution in [0.4, 0.5) is 5.82 Å². The maximum absolute atomic E-state index is 5.68. The highest BCUT2D eigenvalue weighted by atomic mass is 15.3. The van der Waals surface area contributed by atoms with Crippen LogP contribution >= 0.6 is 0 Å². The van der Waals surface area contributed by atoms with Crippen LogP contribution in [0.5, 0.6) is 0 Å². The van der Waals surface area contributed by atoms with E-state index in [0.717, 1.165) is 30.9 Å². The Morgan fingerprint density at radius 1 is 1.10 bits per heavy atom. The summed E-state index contributed by atoms with van der Waals surface area (Å²) in [5, 5.41) is 0. The Bertz CT molecular complexity index is 637. The molecule has 21 heavy (non-hydrogen) atoms. The molecule has 0 bridgehead atoms. The Hall–Kier alpha value is -1.94. The van der Waals surface area contributed by atoms with Crippen molar-refractivity contribution in [2.24, 2.45) is 5.84 Å². The van der Waals surface area contributed by atoms with E-state index in [1.165, 1.54) is 41.6 Å². The molecule has 1 aliphatic rings. The summed E-state index contributed by atoms with van der Waals surface area (Å²) in [6.45, 7) is 2.13. The van der Waals surface area contributed by atoms with E-state index in [0.29, 0.717) is 0 Å². The molecule has 0 aliphatic heterocycles. The van der Waals surface area contributed by atoms with Gasteiger partial charge in [0.1, 0.15) is 11.6 Å². The summed E-state index contributed by atoms with van der Waals surface area (Å²) in [5.74, 6) is 7.35. The normalized spacial score (nSPS) is 14.4. The lowest BCUT2D eigenvalue weighted by Crippen LogP contribution is -2.15. The molecule has 1 heterocycles. The van der Waals surface area contributed by atoms with Crippen LogP contribution in [-0.2, 0) is 19.3 Å². The molecule has 4 heteroatoms. The number of nitrogens with one attached hydrogen (secondary N) is 1. The summed E-state index contributed by atoms with van der Waals surface area (Å²) in [5.41, 5.74) is 7.71. The van der Waals surface area contributed by atoms with Crippen molar-refractivity contribution in [2.75, 3.05) is 5.43 Å². The van der Waals surface area contributed by atoms with Crippen molar-refractivity contribution in [3.8, 4) is 0 Å². The first-order valence-corrected chi connectivity index (χ1v) is 7.67. The molecular formula is C17H22N4. The average molecular weight is 282 g/mol. The number of nitrogens with two attached hydrogens (primary N) is 1. The van der Waals surface area contributed by atoms with Gasteiger partial charge in [0.2, 0.25) is 0 Å². The van der Waals surface area contributed by atoms with Gasteiger partial charge in [0.05, 0.1) is 0 Å². The maximum Gasteiger partial charge on any atom is 0.147 e. The third-order valence-corrected chi connectivity index (χ3v) is 4.23. The Balaban J connectivity index is 1.96. The zero-order chi connectivity index (χ0) is 14.7. The van der Waals surface area contributed by atoms with Gasteiger partial charge < -0.3 is 5.43 Å². The van der Waals surface area contributed by atoms with Crippen LogP contribution in [0.1, 0.15) is 47.5 Å². The molecule has 0 saturated carbocycles. The van der Waals surface area contributed by atoms with Gasteiger partial charge in [0.15, 0.2) is 0 Å². The Kier molecular flexibility index (Phi) is 4.15. The van der Waals surface area contributed by atoms with Gasteiger partial charge in [-0.15, -0.1) is 0 Å². The van der Waals surface area contributed by atoms with E-state index in [2.05, 4.69) is 41.6 Å². The monoisotopic (exact) mass is 282 g/mol. The van der Waals surface area contributed by atoms with Crippen molar-refractivity contribution in [3.05, 3.63) is 52.5 Å². The first kappa shape index (κ1) is 14.0. The lowest BCUT2D eigenvalue weighted by atomic mass is 10.0. The number of benzene rings is 1. The van der Waals surface area contributed by atoms with E-state index in [-0.39, 0.29) is 0 Å². The molecule has 0 radical (unpaired) electrons. The second-order valence-electron chi connectivity index (χ2n) is 5.72. The molecule has 0 saturated heterocycles. The molecule has 110 valence electrons. The number of anilines is 1. The van der Waals surface area contributed by atoms with Crippen molar-refractivity contribution in [1.82, 2.24) is 9.97 Å². The van der Waals surface area contributed by atoms with Crippen molar-refractivity contribution in [3.63, 3.8) is 0 Å². The van der Waals surface area contributed by atoms with Crippen molar-refractivity contribution >= 4 is 5.82 Å². The highest BCUT2D eigenvalue weighted by molar-refractivity contribution is 5.47. The highest BCUT2D eigenvalue weighted by Gasteiger charge is 2.16. The average Bonchev–Trinajstić information content (AvgIpc) is 2.74. The van der Waals surface area contributed by atoms with E-state index >= 15 is 0 Å². The van der Waals surface area contributed by atoms with E-state index in [4.69, 9.17) is 10.8 Å². The van der Waals surface area contributed by atoms with Crippen molar-refractivity contribution in [2.45, 2.75) is 45.4 Å². The van der Waals surface area contributed by atoms with Crippen LogP contribution in [0.3, 0.4) is 0 Å². The Morgan fingerprint density at radius 3 is 2.71 bits per heavy atom. The van der Waals surface area contributed by atoms with Crippen LogP contribution in [0.15, 0.2) is 24.3 Å². The van der Waals surface area contributed by atoms with E-state index < -0.39 is 0 Å². The van der Waals surface area contributed by atoms with E-state index in [1.54, 1.807) is 0 Å². The first-order valence-electron chi connectivity index (χ1n) is 7.67. The zero-order valence-corrected chi connectivity index (χ0v) is 12.5. The SMILES string of the molecule is Cc1ccccc1Cc1nc2c(c(NN)n1)CCCCC2. The summed E-state index contributed by atoms with van der Waals surface area (Å²) in [6, 6.07) is 8.39. The highest BCUT2D eigenvalue weighted by Crippen LogP contribution is 2.25. The number of nitrogens with zero attached hydrogens (tertiary/aromatic N) is 2. The summed E-state index contributed by atoms with van der Waals surface area (Å²) in [7, 11) is 0. The summed E-state index contributed by atoms with van der Waals surface area (Å²) < 4.78 is 0. The molecule has 0 atom stereocenters. The van der Waals surface area contributed by atoms with Gasteiger partial charge in [0, 0.05) is 17.7 Å². The van der Waals surface area contributed by atoms with Crippen molar-refractivity contribution in [1.29, 1.82) is 0 Å². The predicted octanol–water partition coefficient (Wildman–Crippen LogP) is 2.93. The Morgan fingerprint density at radius 2 is 1.90 bits per heavy atom. The molecule has 3 N–H and O–H groups in total. The molecule has 0 amide bonds. The van der Waals surface area contributed by atoms with Gasteiger partial charge in [-0.25, -0.2) is 15.8 Å². The largest absolute Gasteiger partial charge is 0.308 e. The van der Waals surface area contributed by atoms with Crippen LogP contribution in [0.25, 0.3) is 0 Å². The predicted molar refractivity (Wildman–Crippen MR) is 85.1 cm³/mol. The van der Waals surface area contributed by atoms with Crippen LogP contribution in [0.2, 0.25) is 0 Å². The molecule has 2 aromatic rings. The molecule has 1 aliphatic carbocycles. The summed E-state index contributed by atoms with van der Waals surface area (Å²) >= 11 is 0. The number of rotatable bonds is 3. The molecule has 0 unspecified atom stereocenters. The number of hydrogen-bond donors (Lipinski definition) is 2. The third kappa shape index (κ3) is 3.05. The molecule has 0 spiro atoms. The lowest BCUT2D eigenvalue weighted by Gasteiger charge is -2.13. The standard InChI is InChI=1S/C17H22N4/c1-12-7-5-6-8-13(12)11-16-19-15-10-4-2-3-9-14(15)17(20-16)21-18/h5-8H,2-4,9-11,18H2,1H3,(H,19,20,21).